The van der Waals surface area contributed by atoms with Crippen LogP contribution in [0, 0.1) is 31.1 Å². The van der Waals surface area contributed by atoms with Crippen molar-refractivity contribution in [3.05, 3.63) is 82.6 Å². The topological polar surface area (TPSA) is 12.0 Å². The molecule has 1 heteroatoms. The summed E-state index contributed by atoms with van der Waals surface area (Å²) >= 11 is 0. The Labute approximate surface area is 210 Å². The van der Waals surface area contributed by atoms with Crippen molar-refractivity contribution in [2.75, 3.05) is 0 Å². The van der Waals surface area contributed by atoms with Crippen molar-refractivity contribution in [3.63, 3.8) is 0 Å². The average molecular weight is 460 g/mol. The van der Waals surface area contributed by atoms with Crippen LogP contribution in [0.3, 0.4) is 0 Å². The Balaban J connectivity index is 2.50. The third kappa shape index (κ3) is 7.62. The van der Waals surface area contributed by atoms with Gasteiger partial charge in [-0.05, 0) is 111 Å². The van der Waals surface area contributed by atoms with Gasteiger partial charge in [-0.2, -0.15) is 0 Å². The number of hydrogen-bond donors (Lipinski definition) is 1. The predicted molar refractivity (Wildman–Crippen MR) is 154 cm³/mol. The lowest BCUT2D eigenvalue weighted by atomic mass is 9.73. The SMILES string of the molecule is C=C/C(=C(\C=C/C)C1CC(C)CC(NC(=C)CC(C)(C)C)C1)c1ccc(C)c(C=C(C)C)c1C. The van der Waals surface area contributed by atoms with Crippen molar-refractivity contribution in [2.24, 2.45) is 17.3 Å². The van der Waals surface area contributed by atoms with Crippen LogP contribution < -0.4 is 5.32 Å². The first-order valence-corrected chi connectivity index (χ1v) is 13.0. The molecule has 1 N–H and O–H groups in total. The Morgan fingerprint density at radius 2 is 1.79 bits per heavy atom. The molecule has 186 valence electrons. The highest BCUT2D eigenvalue weighted by Crippen LogP contribution is 2.40. The minimum atomic E-state index is 0.252. The van der Waals surface area contributed by atoms with Crippen LogP contribution in [-0.4, -0.2) is 6.04 Å². The molecule has 1 saturated carbocycles. The molecule has 0 spiro atoms. The third-order valence-electron chi connectivity index (χ3n) is 6.85. The monoisotopic (exact) mass is 459 g/mol. The van der Waals surface area contributed by atoms with E-state index in [1.807, 2.05) is 0 Å². The summed E-state index contributed by atoms with van der Waals surface area (Å²) < 4.78 is 0. The summed E-state index contributed by atoms with van der Waals surface area (Å²) in [4.78, 5) is 0. The second-order valence-corrected chi connectivity index (χ2v) is 12.0. The third-order valence-corrected chi connectivity index (χ3v) is 6.85. The lowest BCUT2D eigenvalue weighted by Crippen LogP contribution is -2.37. The van der Waals surface area contributed by atoms with Crippen LogP contribution in [0.4, 0.5) is 0 Å². The first kappa shape index (κ1) is 28.0. The summed E-state index contributed by atoms with van der Waals surface area (Å²) in [5, 5.41) is 3.80. The van der Waals surface area contributed by atoms with Gasteiger partial charge in [-0.1, -0.05) is 82.9 Å². The van der Waals surface area contributed by atoms with Gasteiger partial charge < -0.3 is 5.32 Å². The zero-order valence-corrected chi connectivity index (χ0v) is 23.4. The minimum absolute atomic E-state index is 0.252. The van der Waals surface area contributed by atoms with Gasteiger partial charge >= 0.3 is 0 Å². The van der Waals surface area contributed by atoms with Gasteiger partial charge in [-0.3, -0.25) is 0 Å². The van der Waals surface area contributed by atoms with Gasteiger partial charge in [0.05, 0.1) is 0 Å². The van der Waals surface area contributed by atoms with Crippen LogP contribution in [0.1, 0.15) is 96.4 Å². The Kier molecular flexibility index (Phi) is 9.80. The molecule has 1 aliphatic rings. The molecule has 0 bridgehead atoms. The maximum Gasteiger partial charge on any atom is 0.0266 e. The summed E-state index contributed by atoms with van der Waals surface area (Å²) in [6.07, 6.45) is 13.5. The fourth-order valence-corrected chi connectivity index (χ4v) is 5.63. The van der Waals surface area contributed by atoms with Crippen molar-refractivity contribution < 1.29 is 0 Å². The molecular weight excluding hydrogens is 410 g/mol. The second-order valence-electron chi connectivity index (χ2n) is 12.0. The van der Waals surface area contributed by atoms with Crippen LogP contribution in [0.5, 0.6) is 0 Å². The van der Waals surface area contributed by atoms with E-state index in [1.165, 1.54) is 57.5 Å². The first-order chi connectivity index (χ1) is 15.9. The maximum atomic E-state index is 4.36. The van der Waals surface area contributed by atoms with Gasteiger partial charge in [0.2, 0.25) is 0 Å². The van der Waals surface area contributed by atoms with Gasteiger partial charge in [0, 0.05) is 11.7 Å². The van der Waals surface area contributed by atoms with Crippen molar-refractivity contribution in [2.45, 2.75) is 94.0 Å². The Bertz CT molecular complexity index is 973. The fourth-order valence-electron chi connectivity index (χ4n) is 5.63. The minimum Gasteiger partial charge on any atom is -0.386 e. The standard InChI is InChI=1S/C33H49N/c1-12-14-31(27-18-23(5)19-28(20-27)34-25(7)21-33(9,10)11)29(13-2)30-16-15-24(6)32(26(30)8)17-22(3)4/h12-17,23,27-28,34H,2,7,18-21H2,1,3-6,8-11H3/b14-12-,31-29-. The predicted octanol–water partition coefficient (Wildman–Crippen LogP) is 9.59. The molecule has 0 saturated heterocycles. The number of allylic oxidation sites excluding steroid dienone is 7. The van der Waals surface area contributed by atoms with Crippen LogP contribution in [-0.2, 0) is 0 Å². The maximum absolute atomic E-state index is 4.36. The van der Waals surface area contributed by atoms with Crippen molar-refractivity contribution >= 4 is 11.6 Å². The van der Waals surface area contributed by atoms with Crippen LogP contribution in [0.15, 0.2) is 60.4 Å². The molecule has 1 fully saturated rings. The van der Waals surface area contributed by atoms with Gasteiger partial charge in [0.15, 0.2) is 0 Å². The summed E-state index contributed by atoms with van der Waals surface area (Å²) in [5.74, 6) is 1.17. The summed E-state index contributed by atoms with van der Waals surface area (Å²) in [7, 11) is 0. The van der Waals surface area contributed by atoms with E-state index in [2.05, 4.69) is 117 Å². The molecule has 0 aromatic heterocycles. The van der Waals surface area contributed by atoms with E-state index in [-0.39, 0.29) is 5.41 Å². The number of hydrogen-bond acceptors (Lipinski definition) is 1. The highest BCUT2D eigenvalue weighted by atomic mass is 14.9. The van der Waals surface area contributed by atoms with Gasteiger partial charge in [0.25, 0.3) is 0 Å². The second kappa shape index (κ2) is 11.9. The Morgan fingerprint density at radius 3 is 2.35 bits per heavy atom. The lowest BCUT2D eigenvalue weighted by Gasteiger charge is -2.37. The molecule has 0 amide bonds. The van der Waals surface area contributed by atoms with Gasteiger partial charge in [-0.25, -0.2) is 0 Å². The number of aryl methyl sites for hydroxylation is 1. The van der Waals surface area contributed by atoms with Crippen molar-refractivity contribution in [1.29, 1.82) is 0 Å². The van der Waals surface area contributed by atoms with E-state index >= 15 is 0 Å². The highest BCUT2D eigenvalue weighted by molar-refractivity contribution is 5.82. The van der Waals surface area contributed by atoms with E-state index in [0.717, 1.165) is 12.8 Å². The number of nitrogens with one attached hydrogen (secondary N) is 1. The first-order valence-electron chi connectivity index (χ1n) is 13.0. The fraction of sp³-hybridized carbons (Fsp3) is 0.515. The van der Waals surface area contributed by atoms with E-state index in [9.17, 15) is 0 Å². The molecule has 0 heterocycles. The highest BCUT2D eigenvalue weighted by Gasteiger charge is 2.30. The van der Waals surface area contributed by atoms with E-state index in [4.69, 9.17) is 0 Å². The zero-order valence-electron chi connectivity index (χ0n) is 23.4. The summed E-state index contributed by atoms with van der Waals surface area (Å²) in [6, 6.07) is 5.02. The molecule has 3 unspecified atom stereocenters. The van der Waals surface area contributed by atoms with Crippen LogP contribution in [0.2, 0.25) is 0 Å². The summed E-state index contributed by atoms with van der Waals surface area (Å²) in [5.41, 5.74) is 10.8. The normalized spacial score (nSPS) is 21.7. The molecule has 0 radical (unpaired) electrons. The zero-order chi connectivity index (χ0) is 25.6. The molecule has 34 heavy (non-hydrogen) atoms. The van der Waals surface area contributed by atoms with Gasteiger partial charge in [0.1, 0.15) is 0 Å². The molecule has 2 rings (SSSR count). The van der Waals surface area contributed by atoms with Crippen LogP contribution in [0.25, 0.3) is 11.6 Å². The average Bonchev–Trinajstić information content (AvgIpc) is 2.70. The van der Waals surface area contributed by atoms with E-state index in [0.29, 0.717) is 17.9 Å². The van der Waals surface area contributed by atoms with E-state index < -0.39 is 0 Å². The van der Waals surface area contributed by atoms with Crippen molar-refractivity contribution in [3.8, 4) is 0 Å². The van der Waals surface area contributed by atoms with Crippen LogP contribution >= 0.6 is 0 Å². The summed E-state index contributed by atoms with van der Waals surface area (Å²) in [6.45, 7) is 28.8. The number of benzene rings is 1. The molecule has 1 aromatic rings. The van der Waals surface area contributed by atoms with Gasteiger partial charge in [-0.15, -0.1) is 0 Å². The molecule has 1 nitrogen and oxygen atoms in total. The molecule has 1 aromatic carbocycles. The largest absolute Gasteiger partial charge is 0.386 e. The van der Waals surface area contributed by atoms with Crippen molar-refractivity contribution in [1.82, 2.24) is 5.32 Å². The number of rotatable bonds is 8. The van der Waals surface area contributed by atoms with E-state index in [1.54, 1.807) is 0 Å². The Morgan fingerprint density at radius 1 is 1.12 bits per heavy atom. The lowest BCUT2D eigenvalue weighted by molar-refractivity contribution is 0.257. The Hall–Kier alpha value is -2.28. The molecule has 1 aliphatic carbocycles. The quantitative estimate of drug-likeness (QED) is 0.381. The smallest absolute Gasteiger partial charge is 0.0266 e. The molecular formula is C33H49N. The molecule has 3 atom stereocenters. The molecule has 0 aliphatic heterocycles.